The molecule has 142 valence electrons. The van der Waals surface area contributed by atoms with Crippen LogP contribution in [0.1, 0.15) is 41.0 Å². The van der Waals surface area contributed by atoms with Crippen molar-refractivity contribution in [2.24, 2.45) is 11.8 Å². The third-order valence-electron chi connectivity index (χ3n) is 4.21. The monoisotopic (exact) mass is 348 g/mol. The van der Waals surface area contributed by atoms with Gasteiger partial charge in [-0.3, -0.25) is 4.79 Å². The number of ether oxygens (including phenoxy) is 4. The van der Waals surface area contributed by atoms with E-state index in [1.54, 1.807) is 27.9 Å². The first kappa shape index (κ1) is 21.3. The molecule has 1 heterocycles. The molecule has 0 radical (unpaired) electrons. The highest BCUT2D eigenvalue weighted by molar-refractivity contribution is 5.71. The fourth-order valence-electron chi connectivity index (χ4n) is 3.19. The normalized spacial score (nSPS) is 35.5. The molecule has 0 aromatic heterocycles. The maximum atomic E-state index is 12.2. The van der Waals surface area contributed by atoms with Crippen molar-refractivity contribution >= 4 is 5.97 Å². The molecule has 2 N–H and O–H groups in total. The van der Waals surface area contributed by atoms with E-state index in [1.165, 1.54) is 7.11 Å². The summed E-state index contributed by atoms with van der Waals surface area (Å²) in [6.07, 6.45) is -2.95. The number of carbonyl (C=O) groups excluding carboxylic acids is 1. The van der Waals surface area contributed by atoms with Crippen molar-refractivity contribution in [3.05, 3.63) is 0 Å². The first-order valence-electron chi connectivity index (χ1n) is 8.27. The van der Waals surface area contributed by atoms with Gasteiger partial charge in [-0.25, -0.2) is 0 Å². The van der Waals surface area contributed by atoms with Crippen LogP contribution < -0.4 is 0 Å². The van der Waals surface area contributed by atoms with Crippen molar-refractivity contribution < 1.29 is 34.0 Å². The molecule has 0 unspecified atom stereocenters. The van der Waals surface area contributed by atoms with Crippen molar-refractivity contribution in [3.63, 3.8) is 0 Å². The van der Waals surface area contributed by atoms with Gasteiger partial charge in [0.2, 0.25) is 5.79 Å². The Morgan fingerprint density at radius 1 is 1.33 bits per heavy atom. The molecule has 0 aliphatic carbocycles. The van der Waals surface area contributed by atoms with E-state index in [4.69, 9.17) is 18.9 Å². The molecule has 0 aromatic rings. The van der Waals surface area contributed by atoms with E-state index in [0.29, 0.717) is 6.61 Å². The second-order valence-corrected chi connectivity index (χ2v) is 7.63. The number of rotatable bonds is 6. The number of methoxy groups -OCH3 is 2. The lowest BCUT2D eigenvalue weighted by atomic mass is 9.80. The topological polar surface area (TPSA) is 94.5 Å². The van der Waals surface area contributed by atoms with E-state index in [9.17, 15) is 15.0 Å². The van der Waals surface area contributed by atoms with E-state index < -0.39 is 42.1 Å². The van der Waals surface area contributed by atoms with Crippen LogP contribution in [0.15, 0.2) is 0 Å². The minimum Gasteiger partial charge on any atom is -0.460 e. The molecule has 1 saturated heterocycles. The van der Waals surface area contributed by atoms with E-state index in [1.807, 2.05) is 13.8 Å². The van der Waals surface area contributed by atoms with Gasteiger partial charge < -0.3 is 29.2 Å². The van der Waals surface area contributed by atoms with Gasteiger partial charge in [0.05, 0.1) is 18.8 Å². The van der Waals surface area contributed by atoms with Gasteiger partial charge in [0.1, 0.15) is 18.1 Å². The predicted molar refractivity (Wildman–Crippen MR) is 87.3 cm³/mol. The zero-order valence-corrected chi connectivity index (χ0v) is 15.7. The smallest absolute Gasteiger partial charge is 0.311 e. The first-order valence-corrected chi connectivity index (χ1v) is 8.27. The van der Waals surface area contributed by atoms with Crippen LogP contribution in [0.4, 0.5) is 0 Å². The summed E-state index contributed by atoms with van der Waals surface area (Å²) in [7, 11) is 2.94. The van der Waals surface area contributed by atoms with Crippen LogP contribution in [0.3, 0.4) is 0 Å². The minimum absolute atomic E-state index is 0.0809. The van der Waals surface area contributed by atoms with Crippen LogP contribution in [0, 0.1) is 11.8 Å². The lowest BCUT2D eigenvalue weighted by Crippen LogP contribution is -2.64. The lowest BCUT2D eigenvalue weighted by Gasteiger charge is -2.49. The van der Waals surface area contributed by atoms with Gasteiger partial charge >= 0.3 is 5.97 Å². The molecular weight excluding hydrogens is 316 g/mol. The van der Waals surface area contributed by atoms with E-state index in [0.717, 1.165) is 0 Å². The molecule has 6 atom stereocenters. The van der Waals surface area contributed by atoms with Crippen LogP contribution in [-0.4, -0.2) is 66.7 Å². The van der Waals surface area contributed by atoms with Gasteiger partial charge in [0.25, 0.3) is 0 Å². The molecule has 1 aliphatic heterocycles. The minimum atomic E-state index is -1.96. The van der Waals surface area contributed by atoms with Gasteiger partial charge in [-0.05, 0) is 20.8 Å². The zero-order valence-electron chi connectivity index (χ0n) is 15.7. The summed E-state index contributed by atoms with van der Waals surface area (Å²) in [5.41, 5.74) is -0.681. The summed E-state index contributed by atoms with van der Waals surface area (Å²) in [5, 5.41) is 21.5. The highest BCUT2D eigenvalue weighted by Gasteiger charge is 2.55. The number of carbonyl (C=O) groups is 1. The Bertz CT molecular complexity index is 420. The van der Waals surface area contributed by atoms with Crippen LogP contribution in [0.2, 0.25) is 0 Å². The van der Waals surface area contributed by atoms with Gasteiger partial charge in [-0.1, -0.05) is 13.8 Å². The number of aliphatic hydroxyl groups is 2. The molecule has 0 spiro atoms. The standard InChI is InChI=1S/C17H32O7/c1-10(9-21-6)14-11(2)13(19)15(22-7)17(20,24-14)8-12(18)23-16(3,4)5/h10-11,13-15,19-20H,8-9H2,1-7H3/t10-,11-,13-,14-,15+,17+/m0/s1. The molecule has 1 aliphatic rings. The lowest BCUT2D eigenvalue weighted by molar-refractivity contribution is -0.348. The van der Waals surface area contributed by atoms with Crippen molar-refractivity contribution in [1.82, 2.24) is 0 Å². The third-order valence-corrected chi connectivity index (χ3v) is 4.21. The van der Waals surface area contributed by atoms with Gasteiger partial charge in [-0.2, -0.15) is 0 Å². The number of aliphatic hydroxyl groups excluding tert-OH is 1. The summed E-state index contributed by atoms with van der Waals surface area (Å²) in [6, 6.07) is 0. The summed E-state index contributed by atoms with van der Waals surface area (Å²) in [5.74, 6) is -2.95. The van der Waals surface area contributed by atoms with Crippen molar-refractivity contribution in [1.29, 1.82) is 0 Å². The Morgan fingerprint density at radius 2 is 1.92 bits per heavy atom. The maximum absolute atomic E-state index is 12.2. The summed E-state index contributed by atoms with van der Waals surface area (Å²) in [4.78, 5) is 12.2. The van der Waals surface area contributed by atoms with Crippen LogP contribution >= 0.6 is 0 Å². The van der Waals surface area contributed by atoms with Gasteiger partial charge in [0, 0.05) is 26.1 Å². The number of hydrogen-bond acceptors (Lipinski definition) is 7. The Morgan fingerprint density at radius 3 is 2.38 bits per heavy atom. The summed E-state index contributed by atoms with van der Waals surface area (Å²) >= 11 is 0. The molecular formula is C17H32O7. The summed E-state index contributed by atoms with van der Waals surface area (Å²) in [6.45, 7) is 9.35. The highest BCUT2D eigenvalue weighted by Crippen LogP contribution is 2.38. The Hall–Kier alpha value is -0.730. The third kappa shape index (κ3) is 5.13. The number of esters is 1. The van der Waals surface area contributed by atoms with E-state index >= 15 is 0 Å². The van der Waals surface area contributed by atoms with E-state index in [-0.39, 0.29) is 11.8 Å². The average molecular weight is 348 g/mol. The molecule has 7 heteroatoms. The largest absolute Gasteiger partial charge is 0.460 e. The molecule has 1 fully saturated rings. The van der Waals surface area contributed by atoms with Crippen LogP contribution in [0.5, 0.6) is 0 Å². The van der Waals surface area contributed by atoms with Crippen molar-refractivity contribution in [3.8, 4) is 0 Å². The van der Waals surface area contributed by atoms with Crippen molar-refractivity contribution in [2.45, 2.75) is 70.7 Å². The van der Waals surface area contributed by atoms with Crippen LogP contribution in [-0.2, 0) is 23.7 Å². The quantitative estimate of drug-likeness (QED) is 0.694. The zero-order chi connectivity index (χ0) is 18.7. The molecule has 24 heavy (non-hydrogen) atoms. The van der Waals surface area contributed by atoms with Gasteiger partial charge in [0.15, 0.2) is 0 Å². The fraction of sp³-hybridized carbons (Fsp3) is 0.941. The Kier molecular flexibility index (Phi) is 7.19. The number of hydrogen-bond donors (Lipinski definition) is 2. The van der Waals surface area contributed by atoms with E-state index in [2.05, 4.69) is 0 Å². The second-order valence-electron chi connectivity index (χ2n) is 7.63. The van der Waals surface area contributed by atoms with Crippen LogP contribution in [0.25, 0.3) is 0 Å². The Labute approximate surface area is 144 Å². The molecule has 0 bridgehead atoms. The molecule has 0 aromatic carbocycles. The van der Waals surface area contributed by atoms with Crippen molar-refractivity contribution in [2.75, 3.05) is 20.8 Å². The SMILES string of the molecule is COC[C@H](C)[C@@H]1O[C@](O)(CC(=O)OC(C)(C)C)[C@H](OC)[C@@H](O)[C@@H]1C. The maximum Gasteiger partial charge on any atom is 0.311 e. The highest BCUT2D eigenvalue weighted by atomic mass is 16.7. The average Bonchev–Trinajstić information content (AvgIpc) is 2.41. The molecule has 0 saturated carbocycles. The predicted octanol–water partition coefficient (Wildman–Crippen LogP) is 1.10. The second kappa shape index (κ2) is 8.10. The summed E-state index contributed by atoms with van der Waals surface area (Å²) < 4.78 is 21.5. The molecule has 1 rings (SSSR count). The molecule has 0 amide bonds. The first-order chi connectivity index (χ1) is 10.9. The molecule has 7 nitrogen and oxygen atoms in total. The Balaban J connectivity index is 3.00. The van der Waals surface area contributed by atoms with Gasteiger partial charge in [-0.15, -0.1) is 0 Å². The fourth-order valence-corrected chi connectivity index (χ4v) is 3.19.